The van der Waals surface area contributed by atoms with Gasteiger partial charge in [0, 0.05) is 6.21 Å². The van der Waals surface area contributed by atoms with Crippen LogP contribution in [0.25, 0.3) is 0 Å². The van der Waals surface area contributed by atoms with Gasteiger partial charge in [-0.25, -0.2) is 0 Å². The lowest BCUT2D eigenvalue weighted by atomic mass is 9.87. The van der Waals surface area contributed by atoms with E-state index in [4.69, 9.17) is 5.21 Å². The molecule has 1 N–H and O–H groups in total. The zero-order valence-electron chi connectivity index (χ0n) is 6.29. The Labute approximate surface area is 61.9 Å². The lowest BCUT2D eigenvalue weighted by Gasteiger charge is -2.18. The lowest BCUT2D eigenvalue weighted by molar-refractivity contribution is 0.315. The zero-order valence-corrected chi connectivity index (χ0v) is 6.29. The average Bonchev–Trinajstić information content (AvgIpc) is 2.03. The van der Waals surface area contributed by atoms with Crippen molar-refractivity contribution in [3.05, 3.63) is 0 Å². The van der Waals surface area contributed by atoms with Crippen molar-refractivity contribution in [1.29, 1.82) is 0 Å². The van der Waals surface area contributed by atoms with Gasteiger partial charge in [-0.1, -0.05) is 32.1 Å². The maximum atomic E-state index is 8.17. The van der Waals surface area contributed by atoms with Crippen LogP contribution in [0.4, 0.5) is 0 Å². The van der Waals surface area contributed by atoms with E-state index in [9.17, 15) is 0 Å². The van der Waals surface area contributed by atoms with E-state index in [1.807, 2.05) is 0 Å². The van der Waals surface area contributed by atoms with Crippen LogP contribution in [0.3, 0.4) is 0 Å². The van der Waals surface area contributed by atoms with Crippen molar-refractivity contribution in [3.63, 3.8) is 0 Å². The van der Waals surface area contributed by atoms with E-state index in [1.54, 1.807) is 6.21 Å². The Bertz CT molecular complexity index is 106. The van der Waals surface area contributed by atoms with E-state index in [0.29, 0.717) is 0 Å². The minimum absolute atomic E-state index is 0.796. The molecule has 1 aliphatic rings. The molecule has 1 rings (SSSR count). The van der Waals surface area contributed by atoms with Gasteiger partial charge in [0.1, 0.15) is 0 Å². The second kappa shape index (κ2) is 4.31. The first-order chi connectivity index (χ1) is 4.93. The van der Waals surface area contributed by atoms with Crippen LogP contribution in [-0.2, 0) is 0 Å². The summed E-state index contributed by atoms with van der Waals surface area (Å²) >= 11 is 0. The molecular weight excluding hydrogens is 126 g/mol. The third-order valence-corrected chi connectivity index (χ3v) is 2.25. The second-order valence-electron chi connectivity index (χ2n) is 3.04. The maximum absolute atomic E-state index is 8.17. The molecule has 0 spiro atoms. The molecule has 0 saturated heterocycles. The van der Waals surface area contributed by atoms with Gasteiger partial charge in [-0.2, -0.15) is 0 Å². The Morgan fingerprint density at radius 2 is 2.00 bits per heavy atom. The standard InChI is InChI=1S/C8H15NO/c10-9-7-6-8-4-2-1-3-5-8/h7-8,10H,1-6H2/b9-7-. The Morgan fingerprint density at radius 3 is 2.60 bits per heavy atom. The Balaban J connectivity index is 2.13. The topological polar surface area (TPSA) is 32.6 Å². The van der Waals surface area contributed by atoms with Crippen molar-refractivity contribution in [2.45, 2.75) is 38.5 Å². The summed E-state index contributed by atoms with van der Waals surface area (Å²) in [5.41, 5.74) is 0. The average molecular weight is 141 g/mol. The van der Waals surface area contributed by atoms with E-state index in [1.165, 1.54) is 32.1 Å². The fourth-order valence-corrected chi connectivity index (χ4v) is 1.62. The largest absolute Gasteiger partial charge is 0.411 e. The Kier molecular flexibility index (Phi) is 3.27. The molecule has 0 atom stereocenters. The fourth-order valence-electron chi connectivity index (χ4n) is 1.62. The van der Waals surface area contributed by atoms with Crippen LogP contribution < -0.4 is 0 Å². The fraction of sp³-hybridized carbons (Fsp3) is 0.875. The lowest BCUT2D eigenvalue weighted by Crippen LogP contribution is -2.06. The number of hydrogen-bond acceptors (Lipinski definition) is 2. The molecule has 0 aromatic rings. The monoisotopic (exact) mass is 141 g/mol. The molecule has 2 heteroatoms. The zero-order chi connectivity index (χ0) is 7.23. The van der Waals surface area contributed by atoms with E-state index >= 15 is 0 Å². The molecule has 1 saturated carbocycles. The molecule has 0 radical (unpaired) electrons. The molecule has 0 aliphatic heterocycles. The van der Waals surface area contributed by atoms with Crippen molar-refractivity contribution < 1.29 is 5.21 Å². The van der Waals surface area contributed by atoms with Crippen LogP contribution in [-0.4, -0.2) is 11.4 Å². The van der Waals surface area contributed by atoms with Gasteiger partial charge in [0.05, 0.1) is 0 Å². The SMILES string of the molecule is O/N=C\CC1CCCCC1. The van der Waals surface area contributed by atoms with E-state index in [2.05, 4.69) is 5.16 Å². The highest BCUT2D eigenvalue weighted by molar-refractivity contribution is 5.56. The normalized spacial score (nSPS) is 22.0. The van der Waals surface area contributed by atoms with Crippen LogP contribution >= 0.6 is 0 Å². The van der Waals surface area contributed by atoms with Crippen molar-refractivity contribution >= 4 is 6.21 Å². The smallest absolute Gasteiger partial charge is 0.0438 e. The molecule has 10 heavy (non-hydrogen) atoms. The summed E-state index contributed by atoms with van der Waals surface area (Å²) < 4.78 is 0. The maximum Gasteiger partial charge on any atom is 0.0438 e. The van der Waals surface area contributed by atoms with Crippen molar-refractivity contribution in [2.24, 2.45) is 11.1 Å². The van der Waals surface area contributed by atoms with Crippen LogP contribution in [0.1, 0.15) is 38.5 Å². The van der Waals surface area contributed by atoms with Gasteiger partial charge < -0.3 is 5.21 Å². The van der Waals surface area contributed by atoms with E-state index < -0.39 is 0 Å². The molecule has 58 valence electrons. The molecule has 1 fully saturated rings. The first kappa shape index (κ1) is 7.58. The van der Waals surface area contributed by atoms with Crippen molar-refractivity contribution in [2.75, 3.05) is 0 Å². The van der Waals surface area contributed by atoms with Gasteiger partial charge in [-0.15, -0.1) is 5.16 Å². The molecule has 2 nitrogen and oxygen atoms in total. The van der Waals surface area contributed by atoms with Gasteiger partial charge in [-0.3, -0.25) is 0 Å². The first-order valence-electron chi connectivity index (χ1n) is 4.09. The van der Waals surface area contributed by atoms with Crippen molar-refractivity contribution in [1.82, 2.24) is 0 Å². The number of oxime groups is 1. The summed E-state index contributed by atoms with van der Waals surface area (Å²) in [7, 11) is 0. The number of rotatable bonds is 2. The second-order valence-corrected chi connectivity index (χ2v) is 3.04. The summed E-state index contributed by atoms with van der Waals surface area (Å²) in [5.74, 6) is 0.796. The molecule has 0 aromatic heterocycles. The number of hydrogen-bond donors (Lipinski definition) is 1. The summed E-state index contributed by atoms with van der Waals surface area (Å²) in [6.07, 6.45) is 9.37. The predicted molar refractivity (Wildman–Crippen MR) is 41.5 cm³/mol. The molecule has 0 aromatic carbocycles. The van der Waals surface area contributed by atoms with Crippen LogP contribution in [0.5, 0.6) is 0 Å². The van der Waals surface area contributed by atoms with Gasteiger partial charge >= 0.3 is 0 Å². The van der Waals surface area contributed by atoms with Gasteiger partial charge in [0.15, 0.2) is 0 Å². The van der Waals surface area contributed by atoms with E-state index in [0.717, 1.165) is 12.3 Å². The molecule has 0 unspecified atom stereocenters. The van der Waals surface area contributed by atoms with Crippen LogP contribution in [0.15, 0.2) is 5.16 Å². The van der Waals surface area contributed by atoms with Gasteiger partial charge in [0.25, 0.3) is 0 Å². The molecule has 0 amide bonds. The van der Waals surface area contributed by atoms with Crippen LogP contribution in [0.2, 0.25) is 0 Å². The third kappa shape index (κ3) is 2.38. The summed E-state index contributed by atoms with van der Waals surface area (Å²) in [6, 6.07) is 0. The summed E-state index contributed by atoms with van der Waals surface area (Å²) in [4.78, 5) is 0. The summed E-state index contributed by atoms with van der Waals surface area (Å²) in [5, 5.41) is 11.2. The quantitative estimate of drug-likeness (QED) is 0.357. The molecule has 0 bridgehead atoms. The predicted octanol–water partition coefficient (Wildman–Crippen LogP) is 2.42. The molecular formula is C8H15NO. The van der Waals surface area contributed by atoms with Gasteiger partial charge in [-0.05, 0) is 12.3 Å². The minimum Gasteiger partial charge on any atom is -0.411 e. The number of nitrogens with zero attached hydrogens (tertiary/aromatic N) is 1. The highest BCUT2D eigenvalue weighted by Gasteiger charge is 2.11. The third-order valence-electron chi connectivity index (χ3n) is 2.25. The van der Waals surface area contributed by atoms with Crippen molar-refractivity contribution in [3.8, 4) is 0 Å². The van der Waals surface area contributed by atoms with Crippen LogP contribution in [0, 0.1) is 5.92 Å². The highest BCUT2D eigenvalue weighted by Crippen LogP contribution is 2.25. The first-order valence-corrected chi connectivity index (χ1v) is 4.09. The Hall–Kier alpha value is -0.530. The summed E-state index contributed by atoms with van der Waals surface area (Å²) in [6.45, 7) is 0. The van der Waals surface area contributed by atoms with E-state index in [-0.39, 0.29) is 0 Å². The minimum atomic E-state index is 0.796. The molecule has 0 heterocycles. The Morgan fingerprint density at radius 1 is 1.30 bits per heavy atom. The van der Waals surface area contributed by atoms with Gasteiger partial charge in [0.2, 0.25) is 0 Å². The molecule has 1 aliphatic carbocycles. The highest BCUT2D eigenvalue weighted by atomic mass is 16.4.